The standard InChI is InChI=1S/C7HClF6/c8-2-3(9)1(7(13)14)4(10)6(12)5(2)11/h7H. The number of alkyl halides is 2. The normalized spacial score (nSPS) is 11.1. The molecule has 78 valence electrons. The molecular weight excluding hydrogens is 234 g/mol. The van der Waals surface area contributed by atoms with E-state index >= 15 is 0 Å². The van der Waals surface area contributed by atoms with Gasteiger partial charge in [0.25, 0.3) is 6.43 Å². The van der Waals surface area contributed by atoms with Crippen molar-refractivity contribution in [2.45, 2.75) is 6.43 Å². The molecule has 0 spiro atoms. The molecule has 0 amide bonds. The molecule has 7 heteroatoms. The molecule has 1 aromatic rings. The third-order valence-corrected chi connectivity index (χ3v) is 1.79. The lowest BCUT2D eigenvalue weighted by atomic mass is 10.2. The van der Waals surface area contributed by atoms with Gasteiger partial charge in [-0.1, -0.05) is 11.6 Å². The summed E-state index contributed by atoms with van der Waals surface area (Å²) in [7, 11) is 0. The van der Waals surface area contributed by atoms with Crippen LogP contribution in [-0.2, 0) is 0 Å². The van der Waals surface area contributed by atoms with Crippen LogP contribution in [0.2, 0.25) is 5.02 Å². The number of halogens is 7. The lowest BCUT2D eigenvalue weighted by Gasteiger charge is -2.07. The molecule has 14 heavy (non-hydrogen) atoms. The van der Waals surface area contributed by atoms with Crippen LogP contribution in [-0.4, -0.2) is 0 Å². The fourth-order valence-corrected chi connectivity index (χ4v) is 0.998. The maximum absolute atomic E-state index is 12.7. The van der Waals surface area contributed by atoms with E-state index < -0.39 is 40.3 Å². The zero-order valence-corrected chi connectivity index (χ0v) is 6.98. The molecule has 0 aliphatic rings. The van der Waals surface area contributed by atoms with Gasteiger partial charge in [0.15, 0.2) is 23.3 Å². The Balaban J connectivity index is 3.60. The van der Waals surface area contributed by atoms with E-state index in [1.54, 1.807) is 0 Å². The van der Waals surface area contributed by atoms with E-state index in [0.717, 1.165) is 0 Å². The molecule has 0 nitrogen and oxygen atoms in total. The summed E-state index contributed by atoms with van der Waals surface area (Å²) in [5.74, 6) is -8.49. The SMILES string of the molecule is Fc1c(F)c(Cl)c(F)c(C(F)F)c1F. The molecule has 0 atom stereocenters. The van der Waals surface area contributed by atoms with Gasteiger partial charge in [-0.3, -0.25) is 0 Å². The minimum atomic E-state index is -3.61. The van der Waals surface area contributed by atoms with Gasteiger partial charge in [0.2, 0.25) is 0 Å². The maximum atomic E-state index is 12.7. The van der Waals surface area contributed by atoms with Gasteiger partial charge in [-0.2, -0.15) is 0 Å². The van der Waals surface area contributed by atoms with Crippen LogP contribution in [0.3, 0.4) is 0 Å². The summed E-state index contributed by atoms with van der Waals surface area (Å²) < 4.78 is 74.1. The second kappa shape index (κ2) is 3.68. The number of benzene rings is 1. The Bertz CT molecular complexity index is 346. The summed E-state index contributed by atoms with van der Waals surface area (Å²) >= 11 is 4.81. The highest BCUT2D eigenvalue weighted by Gasteiger charge is 2.29. The van der Waals surface area contributed by atoms with E-state index in [2.05, 4.69) is 0 Å². The quantitative estimate of drug-likeness (QED) is 0.393. The van der Waals surface area contributed by atoms with Crippen LogP contribution in [0.4, 0.5) is 26.3 Å². The number of rotatable bonds is 1. The van der Waals surface area contributed by atoms with E-state index in [1.165, 1.54) is 0 Å². The van der Waals surface area contributed by atoms with E-state index in [-0.39, 0.29) is 0 Å². The van der Waals surface area contributed by atoms with Crippen LogP contribution in [0.15, 0.2) is 0 Å². The number of hydrogen-bond acceptors (Lipinski definition) is 0. The van der Waals surface area contributed by atoms with Crippen molar-refractivity contribution in [2.75, 3.05) is 0 Å². The molecule has 0 saturated heterocycles. The first-order valence-electron chi connectivity index (χ1n) is 3.17. The van der Waals surface area contributed by atoms with Crippen LogP contribution < -0.4 is 0 Å². The van der Waals surface area contributed by atoms with Crippen LogP contribution in [0, 0.1) is 23.3 Å². The molecule has 0 fully saturated rings. The summed E-state index contributed by atoms with van der Waals surface area (Å²) in [5, 5.41) is -1.49. The molecule has 0 saturated carbocycles. The highest BCUT2D eigenvalue weighted by Crippen LogP contribution is 2.33. The summed E-state index contributed by atoms with van der Waals surface area (Å²) in [5.41, 5.74) is -1.87. The molecule has 0 aromatic heterocycles. The predicted molar refractivity (Wildman–Crippen MR) is 36.2 cm³/mol. The number of hydrogen-bond donors (Lipinski definition) is 0. The Labute approximate surface area is 79.1 Å². The van der Waals surface area contributed by atoms with Crippen molar-refractivity contribution >= 4 is 11.6 Å². The highest BCUT2D eigenvalue weighted by molar-refractivity contribution is 6.31. The van der Waals surface area contributed by atoms with Crippen molar-refractivity contribution < 1.29 is 26.3 Å². The van der Waals surface area contributed by atoms with E-state index in [9.17, 15) is 26.3 Å². The minimum Gasteiger partial charge on any atom is -0.205 e. The molecule has 0 radical (unpaired) electrons. The fourth-order valence-electron chi connectivity index (χ4n) is 0.813. The third kappa shape index (κ3) is 1.54. The van der Waals surface area contributed by atoms with Crippen LogP contribution in [0.5, 0.6) is 0 Å². The van der Waals surface area contributed by atoms with Gasteiger partial charge in [-0.05, 0) is 0 Å². The summed E-state index contributed by atoms with van der Waals surface area (Å²) in [6, 6.07) is 0. The molecule has 1 aromatic carbocycles. The van der Waals surface area contributed by atoms with Crippen molar-refractivity contribution in [3.05, 3.63) is 33.9 Å². The Morgan fingerprint density at radius 2 is 1.29 bits per heavy atom. The molecular formula is C7HClF6. The van der Waals surface area contributed by atoms with Gasteiger partial charge in [-0.25, -0.2) is 26.3 Å². The van der Waals surface area contributed by atoms with E-state index in [0.29, 0.717) is 0 Å². The van der Waals surface area contributed by atoms with Crippen LogP contribution >= 0.6 is 11.6 Å². The van der Waals surface area contributed by atoms with Gasteiger partial charge in [0.1, 0.15) is 5.02 Å². The molecule has 0 aliphatic carbocycles. The molecule has 1 rings (SSSR count). The average Bonchev–Trinajstić information content (AvgIpc) is 2.11. The van der Waals surface area contributed by atoms with Crippen molar-refractivity contribution in [3.8, 4) is 0 Å². The third-order valence-electron chi connectivity index (χ3n) is 1.46. The smallest absolute Gasteiger partial charge is 0.205 e. The summed E-state index contributed by atoms with van der Waals surface area (Å²) in [6.45, 7) is 0. The van der Waals surface area contributed by atoms with Crippen molar-refractivity contribution in [2.24, 2.45) is 0 Å². The monoisotopic (exact) mass is 234 g/mol. The second-order valence-electron chi connectivity index (χ2n) is 2.28. The van der Waals surface area contributed by atoms with E-state index in [1.807, 2.05) is 0 Å². The maximum Gasteiger partial charge on any atom is 0.269 e. The van der Waals surface area contributed by atoms with Crippen LogP contribution in [0.1, 0.15) is 12.0 Å². The Kier molecular flexibility index (Phi) is 2.94. The highest BCUT2D eigenvalue weighted by atomic mass is 35.5. The Hall–Kier alpha value is -0.910. The van der Waals surface area contributed by atoms with Crippen molar-refractivity contribution in [1.82, 2.24) is 0 Å². The summed E-state index contributed by atoms with van der Waals surface area (Å²) in [4.78, 5) is 0. The average molecular weight is 235 g/mol. The van der Waals surface area contributed by atoms with Gasteiger partial charge >= 0.3 is 0 Å². The van der Waals surface area contributed by atoms with Gasteiger partial charge in [0, 0.05) is 0 Å². The topological polar surface area (TPSA) is 0 Å². The Morgan fingerprint density at radius 1 is 0.786 bits per heavy atom. The molecule has 0 bridgehead atoms. The molecule has 0 aliphatic heterocycles. The van der Waals surface area contributed by atoms with Crippen LogP contribution in [0.25, 0.3) is 0 Å². The minimum absolute atomic E-state index is 1.49. The zero-order valence-electron chi connectivity index (χ0n) is 6.22. The van der Waals surface area contributed by atoms with Crippen molar-refractivity contribution in [1.29, 1.82) is 0 Å². The first-order valence-corrected chi connectivity index (χ1v) is 3.55. The molecule has 0 unspecified atom stereocenters. The summed E-state index contributed by atoms with van der Waals surface area (Å²) in [6.07, 6.45) is -3.61. The lowest BCUT2D eigenvalue weighted by molar-refractivity contribution is 0.139. The molecule has 0 heterocycles. The van der Waals surface area contributed by atoms with Gasteiger partial charge < -0.3 is 0 Å². The predicted octanol–water partition coefficient (Wildman–Crippen LogP) is 3.83. The van der Waals surface area contributed by atoms with Gasteiger partial charge in [-0.15, -0.1) is 0 Å². The zero-order chi connectivity index (χ0) is 11.0. The van der Waals surface area contributed by atoms with E-state index in [4.69, 9.17) is 11.6 Å². The Morgan fingerprint density at radius 3 is 1.71 bits per heavy atom. The largest absolute Gasteiger partial charge is 0.269 e. The van der Waals surface area contributed by atoms with Crippen molar-refractivity contribution in [3.63, 3.8) is 0 Å². The molecule has 0 N–H and O–H groups in total. The second-order valence-corrected chi connectivity index (χ2v) is 2.66. The van der Waals surface area contributed by atoms with Gasteiger partial charge in [0.05, 0.1) is 5.56 Å². The lowest BCUT2D eigenvalue weighted by Crippen LogP contribution is -2.04. The first-order chi connectivity index (χ1) is 6.37. The first kappa shape index (κ1) is 11.2. The fraction of sp³-hybridized carbons (Fsp3) is 0.143.